The number of sulfonamides is 1. The van der Waals surface area contributed by atoms with E-state index in [2.05, 4.69) is 10.3 Å². The SMILES string of the molecule is CCN(CC)S(=O)(=O)c1cccc(C(=O)NCc2nc(C(=O)O)cs2)c1. The smallest absolute Gasteiger partial charge is 0.355 e. The highest BCUT2D eigenvalue weighted by atomic mass is 32.2. The largest absolute Gasteiger partial charge is 0.476 e. The maximum atomic E-state index is 12.5. The Morgan fingerprint density at radius 2 is 1.96 bits per heavy atom. The predicted octanol–water partition coefficient (Wildman–Crippen LogP) is 1.80. The molecule has 0 aliphatic rings. The molecule has 0 bridgehead atoms. The molecule has 1 heterocycles. The standard InChI is InChI=1S/C16H19N3O5S2/c1-3-19(4-2)26(23,24)12-7-5-6-11(8-12)15(20)17-9-14-18-13(10-25-14)16(21)22/h5-8,10H,3-4,9H2,1-2H3,(H,17,20)(H,21,22). The van der Waals surface area contributed by atoms with E-state index in [0.717, 1.165) is 11.3 Å². The fourth-order valence-electron chi connectivity index (χ4n) is 2.26. The zero-order chi connectivity index (χ0) is 19.3. The van der Waals surface area contributed by atoms with E-state index >= 15 is 0 Å². The molecule has 0 saturated heterocycles. The van der Waals surface area contributed by atoms with Crippen molar-refractivity contribution in [3.8, 4) is 0 Å². The van der Waals surface area contributed by atoms with Crippen LogP contribution in [0.15, 0.2) is 34.5 Å². The fraction of sp³-hybridized carbons (Fsp3) is 0.312. The number of carbonyl (C=O) groups excluding carboxylic acids is 1. The molecule has 2 aromatic rings. The van der Waals surface area contributed by atoms with E-state index in [1.54, 1.807) is 13.8 Å². The van der Waals surface area contributed by atoms with Crippen LogP contribution >= 0.6 is 11.3 Å². The summed E-state index contributed by atoms with van der Waals surface area (Å²) in [5.74, 6) is -1.60. The highest BCUT2D eigenvalue weighted by Gasteiger charge is 2.22. The average Bonchev–Trinajstić information content (AvgIpc) is 3.10. The van der Waals surface area contributed by atoms with Crippen LogP contribution in [-0.2, 0) is 16.6 Å². The lowest BCUT2D eigenvalue weighted by Gasteiger charge is -2.18. The highest BCUT2D eigenvalue weighted by Crippen LogP contribution is 2.17. The summed E-state index contributed by atoms with van der Waals surface area (Å²) in [6.45, 7) is 4.23. The lowest BCUT2D eigenvalue weighted by molar-refractivity contribution is 0.0691. The number of carboxylic acid groups (broad SMARTS) is 1. The number of aromatic carboxylic acids is 1. The van der Waals surface area contributed by atoms with Crippen molar-refractivity contribution >= 4 is 33.2 Å². The first-order chi connectivity index (χ1) is 12.3. The van der Waals surface area contributed by atoms with Gasteiger partial charge in [0.2, 0.25) is 10.0 Å². The van der Waals surface area contributed by atoms with Gasteiger partial charge in [-0.1, -0.05) is 19.9 Å². The van der Waals surface area contributed by atoms with E-state index in [-0.39, 0.29) is 22.7 Å². The second-order valence-corrected chi connectivity index (χ2v) is 8.11. The monoisotopic (exact) mass is 397 g/mol. The van der Waals surface area contributed by atoms with E-state index in [0.29, 0.717) is 18.1 Å². The quantitative estimate of drug-likeness (QED) is 0.701. The third-order valence-corrected chi connectivity index (χ3v) is 6.51. The Bertz CT molecular complexity index is 904. The van der Waals surface area contributed by atoms with E-state index in [9.17, 15) is 18.0 Å². The Morgan fingerprint density at radius 3 is 2.54 bits per heavy atom. The van der Waals surface area contributed by atoms with Gasteiger partial charge in [-0.3, -0.25) is 4.79 Å². The van der Waals surface area contributed by atoms with Gasteiger partial charge in [-0.2, -0.15) is 4.31 Å². The van der Waals surface area contributed by atoms with Gasteiger partial charge in [0.05, 0.1) is 11.4 Å². The number of carbonyl (C=O) groups is 2. The predicted molar refractivity (Wildman–Crippen MR) is 96.8 cm³/mol. The van der Waals surface area contributed by atoms with Crippen molar-refractivity contribution in [2.75, 3.05) is 13.1 Å². The molecule has 0 unspecified atom stereocenters. The van der Waals surface area contributed by atoms with Gasteiger partial charge in [0, 0.05) is 24.0 Å². The Balaban J connectivity index is 2.13. The summed E-state index contributed by atoms with van der Waals surface area (Å²) in [5, 5.41) is 13.3. The summed E-state index contributed by atoms with van der Waals surface area (Å²) in [6, 6.07) is 5.80. The van der Waals surface area contributed by atoms with Crippen LogP contribution in [0.1, 0.15) is 39.7 Å². The van der Waals surface area contributed by atoms with Crippen molar-refractivity contribution in [2.24, 2.45) is 0 Å². The molecule has 0 spiro atoms. The van der Waals surface area contributed by atoms with Crippen LogP contribution in [0.25, 0.3) is 0 Å². The summed E-state index contributed by atoms with van der Waals surface area (Å²) in [6.07, 6.45) is 0. The molecular weight excluding hydrogens is 378 g/mol. The third-order valence-electron chi connectivity index (χ3n) is 3.61. The van der Waals surface area contributed by atoms with Crippen LogP contribution in [0.2, 0.25) is 0 Å². The van der Waals surface area contributed by atoms with Crippen LogP contribution in [0.3, 0.4) is 0 Å². The minimum absolute atomic E-state index is 0.0521. The van der Waals surface area contributed by atoms with Crippen molar-refractivity contribution in [3.63, 3.8) is 0 Å². The normalized spacial score (nSPS) is 11.5. The zero-order valence-electron chi connectivity index (χ0n) is 14.3. The van der Waals surface area contributed by atoms with Crippen molar-refractivity contribution in [2.45, 2.75) is 25.3 Å². The van der Waals surface area contributed by atoms with Gasteiger partial charge in [0.15, 0.2) is 5.69 Å². The topological polar surface area (TPSA) is 117 Å². The molecule has 1 aromatic heterocycles. The van der Waals surface area contributed by atoms with E-state index in [1.807, 2.05) is 0 Å². The second kappa shape index (κ2) is 8.39. The lowest BCUT2D eigenvalue weighted by atomic mass is 10.2. The summed E-state index contributed by atoms with van der Waals surface area (Å²) in [4.78, 5) is 27.0. The molecule has 2 N–H and O–H groups in total. The molecule has 26 heavy (non-hydrogen) atoms. The molecule has 140 valence electrons. The summed E-state index contributed by atoms with van der Waals surface area (Å²) in [5.41, 5.74) is 0.125. The van der Waals surface area contributed by atoms with Gasteiger partial charge in [-0.25, -0.2) is 18.2 Å². The molecule has 1 aromatic carbocycles. The van der Waals surface area contributed by atoms with Gasteiger partial charge in [-0.15, -0.1) is 11.3 Å². The number of nitrogens with zero attached hydrogens (tertiary/aromatic N) is 2. The summed E-state index contributed by atoms with van der Waals surface area (Å²) >= 11 is 1.12. The van der Waals surface area contributed by atoms with Crippen LogP contribution < -0.4 is 5.32 Å². The van der Waals surface area contributed by atoms with Gasteiger partial charge >= 0.3 is 5.97 Å². The van der Waals surface area contributed by atoms with Gasteiger partial charge in [0.25, 0.3) is 5.91 Å². The molecule has 0 saturated carbocycles. The number of nitrogens with one attached hydrogen (secondary N) is 1. The van der Waals surface area contributed by atoms with Crippen molar-refractivity contribution < 1.29 is 23.1 Å². The highest BCUT2D eigenvalue weighted by molar-refractivity contribution is 7.89. The van der Waals surface area contributed by atoms with E-state index in [1.165, 1.54) is 34.0 Å². The number of hydrogen-bond donors (Lipinski definition) is 2. The fourth-order valence-corrected chi connectivity index (χ4v) is 4.47. The number of benzene rings is 1. The van der Waals surface area contributed by atoms with Gasteiger partial charge < -0.3 is 10.4 Å². The molecule has 0 aliphatic heterocycles. The maximum Gasteiger partial charge on any atom is 0.355 e. The molecule has 0 fully saturated rings. The molecule has 2 rings (SSSR count). The molecule has 0 atom stereocenters. The van der Waals surface area contributed by atoms with Crippen molar-refractivity contribution in [1.29, 1.82) is 0 Å². The maximum absolute atomic E-state index is 12.5. The first-order valence-electron chi connectivity index (χ1n) is 7.85. The third kappa shape index (κ3) is 4.45. The lowest BCUT2D eigenvalue weighted by Crippen LogP contribution is -2.31. The second-order valence-electron chi connectivity index (χ2n) is 5.23. The van der Waals surface area contributed by atoms with Crippen molar-refractivity contribution in [3.05, 3.63) is 45.9 Å². The molecule has 0 radical (unpaired) electrons. The van der Waals surface area contributed by atoms with Crippen LogP contribution in [-0.4, -0.2) is 47.8 Å². The first-order valence-corrected chi connectivity index (χ1v) is 10.2. The molecule has 0 aliphatic carbocycles. The number of amides is 1. The Hall–Kier alpha value is -2.30. The molecule has 8 nitrogen and oxygen atoms in total. The number of hydrogen-bond acceptors (Lipinski definition) is 6. The first kappa shape index (κ1) is 20.0. The number of carboxylic acids is 1. The zero-order valence-corrected chi connectivity index (χ0v) is 15.9. The van der Waals surface area contributed by atoms with Gasteiger partial charge in [-0.05, 0) is 18.2 Å². The minimum Gasteiger partial charge on any atom is -0.476 e. The Morgan fingerprint density at radius 1 is 1.27 bits per heavy atom. The number of thiazole rings is 1. The van der Waals surface area contributed by atoms with Crippen LogP contribution in [0, 0.1) is 0 Å². The molecule has 1 amide bonds. The Labute approximate surface area is 155 Å². The van der Waals surface area contributed by atoms with Crippen LogP contribution in [0.5, 0.6) is 0 Å². The van der Waals surface area contributed by atoms with E-state index in [4.69, 9.17) is 5.11 Å². The molecular formula is C16H19N3O5S2. The van der Waals surface area contributed by atoms with Crippen LogP contribution in [0.4, 0.5) is 0 Å². The average molecular weight is 397 g/mol. The van der Waals surface area contributed by atoms with Gasteiger partial charge in [0.1, 0.15) is 5.01 Å². The summed E-state index contributed by atoms with van der Waals surface area (Å²) < 4.78 is 26.4. The molecule has 10 heteroatoms. The number of aromatic nitrogens is 1. The number of rotatable bonds is 8. The minimum atomic E-state index is -3.65. The Kier molecular flexibility index (Phi) is 6.46. The van der Waals surface area contributed by atoms with Crippen molar-refractivity contribution in [1.82, 2.24) is 14.6 Å². The summed E-state index contributed by atoms with van der Waals surface area (Å²) in [7, 11) is -3.65. The van der Waals surface area contributed by atoms with E-state index < -0.39 is 21.9 Å².